The molecule has 0 aliphatic carbocycles. The van der Waals surface area contributed by atoms with Crippen LogP contribution in [-0.2, 0) is 18.8 Å². The van der Waals surface area contributed by atoms with Gasteiger partial charge in [0.2, 0.25) is 5.91 Å². The number of hydrogen-bond donors (Lipinski definition) is 1. The molecule has 6 heteroatoms. The van der Waals surface area contributed by atoms with Crippen LogP contribution in [0.4, 0.5) is 0 Å². The van der Waals surface area contributed by atoms with E-state index in [2.05, 4.69) is 39.2 Å². The van der Waals surface area contributed by atoms with Crippen molar-refractivity contribution in [3.63, 3.8) is 0 Å². The Labute approximate surface area is 164 Å². The summed E-state index contributed by atoms with van der Waals surface area (Å²) in [7, 11) is -0.446. The Kier molecular flexibility index (Phi) is 6.66. The molecule has 1 aromatic carbocycles. The smallest absolute Gasteiger partial charge is 0.228 e. The zero-order valence-electron chi connectivity index (χ0n) is 17.5. The normalized spacial score (nSPS) is 22.6. The third-order valence-corrected chi connectivity index (χ3v) is 10.5. The summed E-state index contributed by atoms with van der Waals surface area (Å²) in [6.45, 7) is 12.8. The monoisotopic (exact) mass is 391 g/mol. The lowest BCUT2D eigenvalue weighted by atomic mass is 9.82. The van der Waals surface area contributed by atoms with Gasteiger partial charge >= 0.3 is 0 Å². The molecule has 1 N–H and O–H groups in total. The topological polar surface area (TPSA) is 64.6 Å². The fourth-order valence-electron chi connectivity index (χ4n) is 3.29. The number of ketones is 1. The first kappa shape index (κ1) is 21.8. The molecule has 0 spiro atoms. The molecule has 1 saturated heterocycles. The molecule has 0 radical (unpaired) electrons. The molecule has 0 bridgehead atoms. The van der Waals surface area contributed by atoms with E-state index in [9.17, 15) is 9.59 Å². The van der Waals surface area contributed by atoms with Crippen LogP contribution in [0.1, 0.15) is 45.8 Å². The van der Waals surface area contributed by atoms with Crippen LogP contribution < -0.4 is 5.32 Å². The van der Waals surface area contributed by atoms with Crippen LogP contribution >= 0.6 is 0 Å². The van der Waals surface area contributed by atoms with Crippen LogP contribution in [0.15, 0.2) is 30.3 Å². The summed E-state index contributed by atoms with van der Waals surface area (Å²) >= 11 is 0. The van der Waals surface area contributed by atoms with Crippen LogP contribution in [0.3, 0.4) is 0 Å². The van der Waals surface area contributed by atoms with Crippen molar-refractivity contribution in [1.82, 2.24) is 5.32 Å². The maximum Gasteiger partial charge on any atom is 0.228 e. The van der Waals surface area contributed by atoms with Gasteiger partial charge in [-0.15, -0.1) is 0 Å². The van der Waals surface area contributed by atoms with E-state index in [4.69, 9.17) is 9.16 Å². The van der Waals surface area contributed by atoms with Crippen LogP contribution in [0.25, 0.3) is 0 Å². The SMILES string of the molecule is CO[C@@H](C(=O)C[C@H]1NC(=O)[C@@H]1[C@@H](C)O[Si](C)(C)C(C)(C)C)c1ccccc1. The molecule has 150 valence electrons. The first-order valence-electron chi connectivity index (χ1n) is 9.56. The molecular weight excluding hydrogens is 358 g/mol. The van der Waals surface area contributed by atoms with Gasteiger partial charge in [-0.1, -0.05) is 51.1 Å². The van der Waals surface area contributed by atoms with Crippen LogP contribution in [0.5, 0.6) is 0 Å². The highest BCUT2D eigenvalue weighted by Gasteiger charge is 2.48. The summed E-state index contributed by atoms with van der Waals surface area (Å²) in [6.07, 6.45) is -0.578. The first-order valence-corrected chi connectivity index (χ1v) is 12.5. The summed E-state index contributed by atoms with van der Waals surface area (Å²) in [6, 6.07) is 9.24. The number of hydrogen-bond acceptors (Lipinski definition) is 4. The number of ether oxygens (including phenoxy) is 1. The lowest BCUT2D eigenvalue weighted by Crippen LogP contribution is -2.64. The van der Waals surface area contributed by atoms with Crippen molar-refractivity contribution in [3.05, 3.63) is 35.9 Å². The van der Waals surface area contributed by atoms with Gasteiger partial charge in [-0.25, -0.2) is 0 Å². The van der Waals surface area contributed by atoms with Gasteiger partial charge in [0.25, 0.3) is 0 Å². The molecule has 0 unspecified atom stereocenters. The van der Waals surface area contributed by atoms with E-state index in [0.717, 1.165) is 5.56 Å². The van der Waals surface area contributed by atoms with Crippen LogP contribution in [0, 0.1) is 5.92 Å². The van der Waals surface area contributed by atoms with Crippen molar-refractivity contribution in [1.29, 1.82) is 0 Å². The van der Waals surface area contributed by atoms with Crippen molar-refractivity contribution in [2.75, 3.05) is 7.11 Å². The van der Waals surface area contributed by atoms with Gasteiger partial charge in [-0.3, -0.25) is 9.59 Å². The van der Waals surface area contributed by atoms with Crippen molar-refractivity contribution < 1.29 is 18.8 Å². The van der Waals surface area contributed by atoms with Crippen molar-refractivity contribution in [2.24, 2.45) is 5.92 Å². The molecule has 2 rings (SSSR count). The number of amides is 1. The maximum atomic E-state index is 12.8. The number of benzene rings is 1. The number of nitrogens with one attached hydrogen (secondary N) is 1. The second-order valence-corrected chi connectivity index (χ2v) is 13.7. The van der Waals surface area contributed by atoms with Crippen LogP contribution in [-0.4, -0.2) is 39.3 Å². The highest BCUT2D eigenvalue weighted by Crippen LogP contribution is 2.39. The highest BCUT2D eigenvalue weighted by molar-refractivity contribution is 6.74. The maximum absolute atomic E-state index is 12.8. The summed E-state index contributed by atoms with van der Waals surface area (Å²) in [5.41, 5.74) is 0.831. The Balaban J connectivity index is 2.04. The minimum atomic E-state index is -1.98. The van der Waals surface area contributed by atoms with E-state index < -0.39 is 14.4 Å². The Morgan fingerprint density at radius 1 is 1.22 bits per heavy atom. The molecule has 5 nitrogen and oxygen atoms in total. The standard InChI is InChI=1S/C21H33NO4Si/c1-14(26-27(6,7)21(2,3)4)18-16(22-20(18)24)13-17(23)19(25-5)15-11-9-8-10-12-15/h8-12,14,16,18-19H,13H2,1-7H3,(H,22,24)/t14-,16-,18-,19-/m1/s1. The predicted molar refractivity (Wildman–Crippen MR) is 109 cm³/mol. The van der Waals surface area contributed by atoms with Gasteiger partial charge in [-0.05, 0) is 30.6 Å². The molecule has 1 aliphatic rings. The average molecular weight is 392 g/mol. The van der Waals surface area contributed by atoms with E-state index in [0.29, 0.717) is 0 Å². The second kappa shape index (κ2) is 8.25. The fraction of sp³-hybridized carbons (Fsp3) is 0.619. The number of Topliss-reactive ketones (excluding diaryl/α,β-unsaturated/α-hetero) is 1. The van der Waals surface area contributed by atoms with E-state index >= 15 is 0 Å². The number of carbonyl (C=O) groups is 2. The average Bonchev–Trinajstić information content (AvgIpc) is 2.54. The zero-order chi connectivity index (χ0) is 20.4. The Bertz CT molecular complexity index is 669. The van der Waals surface area contributed by atoms with E-state index in [1.165, 1.54) is 7.11 Å². The quantitative estimate of drug-likeness (QED) is 0.540. The summed E-state index contributed by atoms with van der Waals surface area (Å²) in [5.74, 6) is -0.359. The van der Waals surface area contributed by atoms with Crippen molar-refractivity contribution >= 4 is 20.0 Å². The first-order chi connectivity index (χ1) is 12.5. The molecule has 27 heavy (non-hydrogen) atoms. The predicted octanol–water partition coefficient (Wildman–Crippen LogP) is 3.86. The number of β-lactam (4-membered cyclic amide) rings is 1. The van der Waals surface area contributed by atoms with E-state index in [-0.39, 0.29) is 41.2 Å². The lowest BCUT2D eigenvalue weighted by molar-refractivity contribution is -0.143. The van der Waals surface area contributed by atoms with Gasteiger partial charge in [0.05, 0.1) is 12.0 Å². The van der Waals surface area contributed by atoms with Crippen molar-refractivity contribution in [3.8, 4) is 0 Å². The third-order valence-electron chi connectivity index (χ3n) is 5.91. The van der Waals surface area contributed by atoms with Gasteiger partial charge in [0.1, 0.15) is 6.10 Å². The number of rotatable bonds is 8. The fourth-order valence-corrected chi connectivity index (χ4v) is 4.72. The minimum absolute atomic E-state index is 0.0294. The number of carbonyl (C=O) groups excluding carboxylic acids is 2. The summed E-state index contributed by atoms with van der Waals surface area (Å²) in [4.78, 5) is 25.0. The Morgan fingerprint density at radius 3 is 2.30 bits per heavy atom. The molecule has 1 aliphatic heterocycles. The molecule has 1 heterocycles. The van der Waals surface area contributed by atoms with Gasteiger partial charge in [0.15, 0.2) is 14.1 Å². The van der Waals surface area contributed by atoms with Crippen molar-refractivity contribution in [2.45, 2.75) is 70.5 Å². The molecule has 0 aromatic heterocycles. The van der Waals surface area contributed by atoms with Gasteiger partial charge in [-0.2, -0.15) is 0 Å². The lowest BCUT2D eigenvalue weighted by Gasteiger charge is -2.45. The second-order valence-electron chi connectivity index (χ2n) is 8.92. The largest absolute Gasteiger partial charge is 0.413 e. The molecule has 1 amide bonds. The van der Waals surface area contributed by atoms with E-state index in [1.54, 1.807) is 0 Å². The Morgan fingerprint density at radius 2 is 1.81 bits per heavy atom. The summed E-state index contributed by atoms with van der Waals surface area (Å²) in [5, 5.41) is 2.95. The molecule has 1 fully saturated rings. The Hall–Kier alpha value is -1.50. The minimum Gasteiger partial charge on any atom is -0.413 e. The molecule has 1 aromatic rings. The highest BCUT2D eigenvalue weighted by atomic mass is 28.4. The van der Waals surface area contributed by atoms with Gasteiger partial charge in [0, 0.05) is 19.6 Å². The van der Waals surface area contributed by atoms with Gasteiger partial charge < -0.3 is 14.5 Å². The van der Waals surface area contributed by atoms with Crippen LogP contribution in [0.2, 0.25) is 18.1 Å². The molecule has 0 saturated carbocycles. The summed E-state index contributed by atoms with van der Waals surface area (Å²) < 4.78 is 11.8. The third kappa shape index (κ3) is 4.86. The van der Waals surface area contributed by atoms with E-state index in [1.807, 2.05) is 37.3 Å². The molecule has 4 atom stereocenters. The number of methoxy groups -OCH3 is 1. The molecular formula is C21H33NO4Si. The zero-order valence-corrected chi connectivity index (χ0v) is 18.5.